The Labute approximate surface area is 151 Å². The van der Waals surface area contributed by atoms with Gasteiger partial charge in [0.1, 0.15) is 5.75 Å². The van der Waals surface area contributed by atoms with Crippen LogP contribution < -0.4 is 15.8 Å². The van der Waals surface area contributed by atoms with E-state index in [-0.39, 0.29) is 17.4 Å². The van der Waals surface area contributed by atoms with E-state index in [0.717, 1.165) is 5.56 Å². The molecule has 0 aliphatic rings. The van der Waals surface area contributed by atoms with Gasteiger partial charge in [-0.15, -0.1) is 0 Å². The van der Waals surface area contributed by atoms with Gasteiger partial charge in [0.2, 0.25) is 0 Å². The van der Waals surface area contributed by atoms with Crippen molar-refractivity contribution in [3.05, 3.63) is 65.7 Å². The van der Waals surface area contributed by atoms with Gasteiger partial charge in [0.15, 0.2) is 13.2 Å². The maximum atomic E-state index is 11.9. The summed E-state index contributed by atoms with van der Waals surface area (Å²) in [6.45, 7) is 0.974. The van der Waals surface area contributed by atoms with Crippen molar-refractivity contribution in [2.24, 2.45) is 5.73 Å². The highest BCUT2D eigenvalue weighted by Gasteiger charge is 2.14. The van der Waals surface area contributed by atoms with E-state index >= 15 is 0 Å². The van der Waals surface area contributed by atoms with Crippen LogP contribution in [-0.4, -0.2) is 31.0 Å². The highest BCUT2D eigenvalue weighted by molar-refractivity contribution is 5.95. The number of ether oxygens (including phenoxy) is 2. The van der Waals surface area contributed by atoms with E-state index < -0.39 is 31.0 Å². The molecule has 26 heavy (non-hydrogen) atoms. The van der Waals surface area contributed by atoms with Crippen molar-refractivity contribution in [1.29, 1.82) is 0 Å². The number of primary amides is 1. The number of para-hydroxylation sites is 1. The van der Waals surface area contributed by atoms with Crippen molar-refractivity contribution in [2.75, 3.05) is 13.2 Å². The normalized spacial score (nSPS) is 11.3. The minimum absolute atomic E-state index is 0.162. The highest BCUT2D eigenvalue weighted by atomic mass is 16.6. The first-order valence-electron chi connectivity index (χ1n) is 7.99. The number of carbonyl (C=O) groups is 3. The van der Waals surface area contributed by atoms with Crippen molar-refractivity contribution < 1.29 is 23.9 Å². The summed E-state index contributed by atoms with van der Waals surface area (Å²) in [5.74, 6) is -1.64. The molecule has 2 aromatic carbocycles. The predicted octanol–water partition coefficient (Wildman–Crippen LogP) is 1.58. The molecule has 3 N–H and O–H groups in total. The Morgan fingerprint density at radius 1 is 1.00 bits per heavy atom. The van der Waals surface area contributed by atoms with E-state index in [1.54, 1.807) is 12.1 Å². The summed E-state index contributed by atoms with van der Waals surface area (Å²) >= 11 is 0. The lowest BCUT2D eigenvalue weighted by Crippen LogP contribution is -2.32. The molecule has 136 valence electrons. The fraction of sp³-hybridized carbons (Fsp3) is 0.211. The Morgan fingerprint density at radius 2 is 1.65 bits per heavy atom. The quantitative estimate of drug-likeness (QED) is 0.698. The first kappa shape index (κ1) is 19.0. The molecule has 0 aliphatic carbocycles. The van der Waals surface area contributed by atoms with E-state index in [2.05, 4.69) is 5.32 Å². The lowest BCUT2D eigenvalue weighted by Gasteiger charge is -2.14. The minimum Gasteiger partial charge on any atom is -0.481 e. The third kappa shape index (κ3) is 5.62. The number of carbonyl (C=O) groups excluding carboxylic acids is 3. The monoisotopic (exact) mass is 356 g/mol. The molecule has 0 saturated heterocycles. The maximum Gasteiger partial charge on any atom is 0.344 e. The molecule has 0 unspecified atom stereocenters. The predicted molar refractivity (Wildman–Crippen MR) is 94.4 cm³/mol. The molecule has 2 aromatic rings. The molecule has 0 bridgehead atoms. The highest BCUT2D eigenvalue weighted by Crippen LogP contribution is 2.17. The second-order valence-corrected chi connectivity index (χ2v) is 5.51. The number of hydrogen-bond acceptors (Lipinski definition) is 5. The summed E-state index contributed by atoms with van der Waals surface area (Å²) in [6.07, 6.45) is 0. The zero-order valence-electron chi connectivity index (χ0n) is 14.3. The van der Waals surface area contributed by atoms with E-state index in [1.807, 2.05) is 37.3 Å². The average Bonchev–Trinajstić information content (AvgIpc) is 2.65. The van der Waals surface area contributed by atoms with Crippen LogP contribution in [0.15, 0.2) is 54.6 Å². The smallest absolute Gasteiger partial charge is 0.344 e. The van der Waals surface area contributed by atoms with Crippen molar-refractivity contribution >= 4 is 17.8 Å². The molecule has 7 heteroatoms. The summed E-state index contributed by atoms with van der Waals surface area (Å²) in [4.78, 5) is 34.8. The number of rotatable bonds is 8. The summed E-state index contributed by atoms with van der Waals surface area (Å²) in [6, 6.07) is 15.5. The largest absolute Gasteiger partial charge is 0.481 e. The summed E-state index contributed by atoms with van der Waals surface area (Å²) < 4.78 is 10.1. The topological polar surface area (TPSA) is 108 Å². The van der Waals surface area contributed by atoms with E-state index in [9.17, 15) is 14.4 Å². The number of nitrogens with one attached hydrogen (secondary N) is 1. The number of benzene rings is 2. The van der Waals surface area contributed by atoms with Gasteiger partial charge in [0.05, 0.1) is 11.6 Å². The van der Waals surface area contributed by atoms with Crippen molar-refractivity contribution in [2.45, 2.75) is 13.0 Å². The van der Waals surface area contributed by atoms with Gasteiger partial charge in [0.25, 0.3) is 11.8 Å². The van der Waals surface area contributed by atoms with Crippen molar-refractivity contribution in [1.82, 2.24) is 5.32 Å². The minimum atomic E-state index is -0.730. The Hall–Kier alpha value is -3.35. The fourth-order valence-electron chi connectivity index (χ4n) is 2.23. The van der Waals surface area contributed by atoms with Crippen LogP contribution in [-0.2, 0) is 14.3 Å². The SMILES string of the molecule is C[C@H](NC(=O)COC(=O)COc1ccccc1C(N)=O)c1ccccc1. The van der Waals surface area contributed by atoms with Gasteiger partial charge in [-0.1, -0.05) is 42.5 Å². The second-order valence-electron chi connectivity index (χ2n) is 5.51. The Kier molecular flexibility index (Phi) is 6.73. The molecule has 0 fully saturated rings. The van der Waals surface area contributed by atoms with Crippen molar-refractivity contribution in [3.63, 3.8) is 0 Å². The lowest BCUT2D eigenvalue weighted by atomic mass is 10.1. The average molecular weight is 356 g/mol. The first-order valence-corrected chi connectivity index (χ1v) is 7.99. The molecule has 0 radical (unpaired) electrons. The molecule has 0 spiro atoms. The third-order valence-corrected chi connectivity index (χ3v) is 3.54. The van der Waals surface area contributed by atoms with Crippen LogP contribution in [0.25, 0.3) is 0 Å². The molecule has 7 nitrogen and oxygen atoms in total. The van der Waals surface area contributed by atoms with Crippen molar-refractivity contribution in [3.8, 4) is 5.75 Å². The summed E-state index contributed by atoms with van der Waals surface area (Å²) in [5.41, 5.74) is 6.33. The van der Waals surface area contributed by atoms with Crippen LogP contribution in [0.3, 0.4) is 0 Å². The van der Waals surface area contributed by atoms with Crippen LogP contribution in [0.5, 0.6) is 5.75 Å². The summed E-state index contributed by atoms with van der Waals surface area (Å²) in [7, 11) is 0. The number of nitrogens with two attached hydrogens (primary N) is 1. The van der Waals surface area contributed by atoms with E-state index in [4.69, 9.17) is 15.2 Å². The number of esters is 1. The summed E-state index contributed by atoms with van der Waals surface area (Å²) in [5, 5.41) is 2.73. The zero-order valence-corrected chi connectivity index (χ0v) is 14.3. The van der Waals surface area contributed by atoms with E-state index in [1.165, 1.54) is 12.1 Å². The molecule has 2 amide bonds. The lowest BCUT2D eigenvalue weighted by molar-refractivity contribution is -0.150. The maximum absolute atomic E-state index is 11.9. The van der Waals surface area contributed by atoms with Crippen LogP contribution in [0, 0.1) is 0 Å². The molecule has 0 aromatic heterocycles. The van der Waals surface area contributed by atoms with Gasteiger partial charge in [-0.25, -0.2) is 4.79 Å². The third-order valence-electron chi connectivity index (χ3n) is 3.54. The van der Waals surface area contributed by atoms with Gasteiger partial charge in [-0.2, -0.15) is 0 Å². The Bertz CT molecular complexity index is 777. The van der Waals surface area contributed by atoms with Gasteiger partial charge in [-0.05, 0) is 24.6 Å². The van der Waals surface area contributed by atoms with Crippen LogP contribution in [0.2, 0.25) is 0 Å². The standard InChI is InChI=1S/C19H20N2O5/c1-13(14-7-3-2-4-8-14)21-17(22)11-26-18(23)12-25-16-10-6-5-9-15(16)19(20)24/h2-10,13H,11-12H2,1H3,(H2,20,24)(H,21,22)/t13-/m0/s1. The molecule has 2 rings (SSSR count). The van der Waals surface area contributed by atoms with Gasteiger partial charge in [0, 0.05) is 0 Å². The van der Waals surface area contributed by atoms with Gasteiger partial charge < -0.3 is 20.5 Å². The zero-order chi connectivity index (χ0) is 18.9. The Morgan fingerprint density at radius 3 is 2.35 bits per heavy atom. The van der Waals surface area contributed by atoms with Gasteiger partial charge in [-0.3, -0.25) is 9.59 Å². The molecule has 0 aliphatic heterocycles. The molecule has 0 heterocycles. The first-order chi connectivity index (χ1) is 12.5. The fourth-order valence-corrected chi connectivity index (χ4v) is 2.23. The Balaban J connectivity index is 1.77. The molecular formula is C19H20N2O5. The molecule has 0 saturated carbocycles. The molecular weight excluding hydrogens is 336 g/mol. The number of amides is 2. The van der Waals surface area contributed by atoms with Gasteiger partial charge >= 0.3 is 5.97 Å². The van der Waals surface area contributed by atoms with Crippen LogP contribution in [0.4, 0.5) is 0 Å². The van der Waals surface area contributed by atoms with Crippen LogP contribution in [0.1, 0.15) is 28.9 Å². The van der Waals surface area contributed by atoms with Crippen LogP contribution >= 0.6 is 0 Å². The second kappa shape index (κ2) is 9.22. The number of hydrogen-bond donors (Lipinski definition) is 2. The molecule has 1 atom stereocenters. The van der Waals surface area contributed by atoms with E-state index in [0.29, 0.717) is 0 Å².